The SMILES string of the molecule is Cn1cc(C(=O)N2C[C@H]3COCC[C@@]3(C(=O)O)C2)cn1. The third-order valence-corrected chi connectivity index (χ3v) is 4.37. The number of nitrogens with zero attached hydrogens (tertiary/aromatic N) is 3. The number of likely N-dealkylation sites (tertiary alicyclic amines) is 1. The van der Waals surface area contributed by atoms with Crippen LogP contribution in [0.1, 0.15) is 16.8 Å². The molecule has 1 aromatic heterocycles. The van der Waals surface area contributed by atoms with Crippen LogP contribution in [0.3, 0.4) is 0 Å². The molecule has 0 unspecified atom stereocenters. The molecule has 0 spiro atoms. The monoisotopic (exact) mass is 279 g/mol. The normalized spacial score (nSPS) is 29.2. The lowest BCUT2D eigenvalue weighted by molar-refractivity contribution is -0.157. The van der Waals surface area contributed by atoms with Crippen LogP contribution >= 0.6 is 0 Å². The predicted molar refractivity (Wildman–Crippen MR) is 68.1 cm³/mol. The van der Waals surface area contributed by atoms with E-state index in [2.05, 4.69) is 5.10 Å². The molecule has 2 atom stereocenters. The zero-order chi connectivity index (χ0) is 14.3. The molecular weight excluding hydrogens is 262 g/mol. The average molecular weight is 279 g/mol. The number of carboxylic acid groups (broad SMARTS) is 1. The minimum absolute atomic E-state index is 0.130. The van der Waals surface area contributed by atoms with Gasteiger partial charge in [-0.3, -0.25) is 14.3 Å². The fourth-order valence-electron chi connectivity index (χ4n) is 3.17. The minimum atomic E-state index is -0.851. The number of hydrogen-bond acceptors (Lipinski definition) is 4. The molecule has 0 radical (unpaired) electrons. The highest BCUT2D eigenvalue weighted by Crippen LogP contribution is 2.42. The van der Waals surface area contributed by atoms with Crippen molar-refractivity contribution in [3.63, 3.8) is 0 Å². The van der Waals surface area contributed by atoms with Crippen LogP contribution in [-0.4, -0.2) is 58.0 Å². The topological polar surface area (TPSA) is 84.7 Å². The molecule has 2 aliphatic heterocycles. The lowest BCUT2D eigenvalue weighted by Gasteiger charge is -2.33. The first-order chi connectivity index (χ1) is 9.53. The van der Waals surface area contributed by atoms with Gasteiger partial charge in [0.25, 0.3) is 5.91 Å². The summed E-state index contributed by atoms with van der Waals surface area (Å²) in [6.07, 6.45) is 3.62. The van der Waals surface area contributed by atoms with Crippen molar-refractivity contribution in [2.75, 3.05) is 26.3 Å². The Balaban J connectivity index is 1.84. The number of carbonyl (C=O) groups is 2. The summed E-state index contributed by atoms with van der Waals surface area (Å²) >= 11 is 0. The third-order valence-electron chi connectivity index (χ3n) is 4.37. The van der Waals surface area contributed by atoms with Gasteiger partial charge < -0.3 is 14.7 Å². The smallest absolute Gasteiger partial charge is 0.311 e. The van der Waals surface area contributed by atoms with Gasteiger partial charge in [0.05, 0.1) is 23.8 Å². The molecule has 7 heteroatoms. The van der Waals surface area contributed by atoms with E-state index in [4.69, 9.17) is 4.74 Å². The van der Waals surface area contributed by atoms with Crippen molar-refractivity contribution < 1.29 is 19.4 Å². The van der Waals surface area contributed by atoms with E-state index in [1.54, 1.807) is 22.8 Å². The van der Waals surface area contributed by atoms with Crippen LogP contribution < -0.4 is 0 Å². The van der Waals surface area contributed by atoms with Crippen LogP contribution in [-0.2, 0) is 16.6 Å². The van der Waals surface area contributed by atoms with Gasteiger partial charge >= 0.3 is 5.97 Å². The zero-order valence-corrected chi connectivity index (χ0v) is 11.3. The molecule has 1 amide bonds. The fraction of sp³-hybridized carbons (Fsp3) is 0.615. The summed E-state index contributed by atoms with van der Waals surface area (Å²) in [4.78, 5) is 25.7. The van der Waals surface area contributed by atoms with E-state index >= 15 is 0 Å². The van der Waals surface area contributed by atoms with Crippen LogP contribution in [0.15, 0.2) is 12.4 Å². The Morgan fingerprint density at radius 2 is 2.35 bits per heavy atom. The predicted octanol–water partition coefficient (Wildman–Crippen LogP) is -0.0166. The molecule has 2 aliphatic rings. The Labute approximate surface area is 116 Å². The number of carboxylic acids is 1. The lowest BCUT2D eigenvalue weighted by Crippen LogP contribution is -2.45. The molecule has 20 heavy (non-hydrogen) atoms. The summed E-state index contributed by atoms with van der Waals surface area (Å²) in [5.41, 5.74) is -0.358. The zero-order valence-electron chi connectivity index (χ0n) is 11.3. The Hall–Kier alpha value is -1.89. The number of ether oxygens (including phenoxy) is 1. The number of carbonyl (C=O) groups excluding carboxylic acids is 1. The average Bonchev–Trinajstić information content (AvgIpc) is 3.02. The van der Waals surface area contributed by atoms with Crippen LogP contribution in [0.2, 0.25) is 0 Å². The van der Waals surface area contributed by atoms with E-state index in [-0.39, 0.29) is 18.4 Å². The van der Waals surface area contributed by atoms with Gasteiger partial charge in [0.2, 0.25) is 0 Å². The minimum Gasteiger partial charge on any atom is -0.481 e. The molecule has 0 bridgehead atoms. The van der Waals surface area contributed by atoms with E-state index in [9.17, 15) is 14.7 Å². The van der Waals surface area contributed by atoms with Crippen LogP contribution in [0.4, 0.5) is 0 Å². The van der Waals surface area contributed by atoms with Crippen molar-refractivity contribution in [1.82, 2.24) is 14.7 Å². The highest BCUT2D eigenvalue weighted by atomic mass is 16.5. The number of aromatic nitrogens is 2. The Kier molecular flexibility index (Phi) is 3.01. The number of hydrogen-bond donors (Lipinski definition) is 1. The largest absolute Gasteiger partial charge is 0.481 e. The molecular formula is C13H17N3O4. The van der Waals surface area contributed by atoms with Crippen molar-refractivity contribution in [3.05, 3.63) is 18.0 Å². The first-order valence-electron chi connectivity index (χ1n) is 6.62. The number of aryl methyl sites for hydroxylation is 1. The molecule has 0 saturated carbocycles. The van der Waals surface area contributed by atoms with E-state index < -0.39 is 11.4 Å². The van der Waals surface area contributed by atoms with Gasteiger partial charge in [0, 0.05) is 38.9 Å². The van der Waals surface area contributed by atoms with E-state index in [0.717, 1.165) is 0 Å². The fourth-order valence-corrected chi connectivity index (χ4v) is 3.17. The van der Waals surface area contributed by atoms with Gasteiger partial charge in [0.1, 0.15) is 0 Å². The molecule has 7 nitrogen and oxygen atoms in total. The maximum absolute atomic E-state index is 12.4. The summed E-state index contributed by atoms with van der Waals surface area (Å²) in [7, 11) is 1.74. The Morgan fingerprint density at radius 3 is 2.95 bits per heavy atom. The molecule has 108 valence electrons. The molecule has 2 fully saturated rings. The van der Waals surface area contributed by atoms with Crippen LogP contribution in [0.25, 0.3) is 0 Å². The second kappa shape index (κ2) is 4.59. The lowest BCUT2D eigenvalue weighted by atomic mass is 9.74. The molecule has 1 aromatic rings. The van der Waals surface area contributed by atoms with Gasteiger partial charge in [0.15, 0.2) is 0 Å². The summed E-state index contributed by atoms with van der Waals surface area (Å²) in [6.45, 7) is 1.53. The summed E-state index contributed by atoms with van der Waals surface area (Å²) < 4.78 is 6.94. The second-order valence-corrected chi connectivity index (χ2v) is 5.57. The summed E-state index contributed by atoms with van der Waals surface area (Å²) in [5, 5.41) is 13.5. The van der Waals surface area contributed by atoms with Crippen molar-refractivity contribution in [1.29, 1.82) is 0 Å². The number of fused-ring (bicyclic) bond motifs is 1. The highest BCUT2D eigenvalue weighted by Gasteiger charge is 2.55. The first-order valence-corrected chi connectivity index (χ1v) is 6.62. The Bertz CT molecular complexity index is 556. The maximum Gasteiger partial charge on any atom is 0.311 e. The van der Waals surface area contributed by atoms with Crippen molar-refractivity contribution in [2.24, 2.45) is 18.4 Å². The van der Waals surface area contributed by atoms with E-state index in [0.29, 0.717) is 31.7 Å². The number of rotatable bonds is 2. The molecule has 0 aliphatic carbocycles. The standard InChI is InChI=1S/C13H17N3O4/c1-15-5-9(4-14-15)11(17)16-6-10-7-20-3-2-13(10,8-16)12(18)19/h4-5,10H,2-3,6-8H2,1H3,(H,18,19)/t10-,13+/m0/s1. The van der Waals surface area contributed by atoms with Crippen LogP contribution in [0, 0.1) is 11.3 Å². The van der Waals surface area contributed by atoms with E-state index in [1.165, 1.54) is 6.20 Å². The van der Waals surface area contributed by atoms with Crippen LogP contribution in [0.5, 0.6) is 0 Å². The number of amides is 1. The third kappa shape index (κ3) is 1.89. The maximum atomic E-state index is 12.4. The van der Waals surface area contributed by atoms with Crippen molar-refractivity contribution in [3.8, 4) is 0 Å². The summed E-state index contributed by atoms with van der Waals surface area (Å²) in [6, 6.07) is 0. The molecule has 2 saturated heterocycles. The number of aliphatic carboxylic acids is 1. The molecule has 1 N–H and O–H groups in total. The quantitative estimate of drug-likeness (QED) is 0.822. The second-order valence-electron chi connectivity index (χ2n) is 5.57. The summed E-state index contributed by atoms with van der Waals surface area (Å²) in [5.74, 6) is -1.12. The van der Waals surface area contributed by atoms with Gasteiger partial charge in [-0.15, -0.1) is 0 Å². The van der Waals surface area contributed by atoms with Gasteiger partial charge in [-0.1, -0.05) is 0 Å². The van der Waals surface area contributed by atoms with Gasteiger partial charge in [-0.05, 0) is 6.42 Å². The molecule has 0 aromatic carbocycles. The van der Waals surface area contributed by atoms with E-state index in [1.807, 2.05) is 0 Å². The Morgan fingerprint density at radius 1 is 1.55 bits per heavy atom. The first kappa shape index (κ1) is 13.1. The molecule has 3 heterocycles. The van der Waals surface area contributed by atoms with Crippen molar-refractivity contribution >= 4 is 11.9 Å². The van der Waals surface area contributed by atoms with Crippen molar-refractivity contribution in [2.45, 2.75) is 6.42 Å². The van der Waals surface area contributed by atoms with Gasteiger partial charge in [-0.2, -0.15) is 5.10 Å². The molecule has 3 rings (SSSR count). The van der Waals surface area contributed by atoms with Gasteiger partial charge in [-0.25, -0.2) is 0 Å². The highest BCUT2D eigenvalue weighted by molar-refractivity contribution is 5.94.